The number of benzene rings is 2. The molecule has 1 amide bonds. The molecule has 0 aliphatic rings. The smallest absolute Gasteiger partial charge is 0.340 e. The first-order valence-electron chi connectivity index (χ1n) is 7.82. The van der Waals surface area contributed by atoms with Crippen LogP contribution in [-0.4, -0.2) is 23.2 Å². The Morgan fingerprint density at radius 1 is 1.23 bits per heavy atom. The Morgan fingerprint density at radius 3 is 2.73 bits per heavy atom. The molecule has 2 aromatic carbocycles. The summed E-state index contributed by atoms with van der Waals surface area (Å²) in [5.41, 5.74) is 0.385. The molecule has 0 unspecified atom stereocenters. The first-order valence-corrected chi connectivity index (χ1v) is 7.82. The SMILES string of the molecule is COc1cccc(NC(=O)Cc2c(C)c3ccc(O)c(O)c3oc2=O)c1. The second-order valence-corrected chi connectivity index (χ2v) is 5.76. The van der Waals surface area contributed by atoms with Crippen LogP contribution in [0.3, 0.4) is 0 Å². The summed E-state index contributed by atoms with van der Waals surface area (Å²) in [5, 5.41) is 22.5. The number of hydrogen-bond donors (Lipinski definition) is 3. The van der Waals surface area contributed by atoms with Crippen LogP contribution < -0.4 is 15.7 Å². The van der Waals surface area contributed by atoms with E-state index in [1.807, 2.05) is 0 Å². The van der Waals surface area contributed by atoms with Crippen LogP contribution in [0.5, 0.6) is 17.2 Å². The van der Waals surface area contributed by atoms with Crippen LogP contribution in [0.15, 0.2) is 45.6 Å². The first-order chi connectivity index (χ1) is 12.4. The van der Waals surface area contributed by atoms with E-state index >= 15 is 0 Å². The van der Waals surface area contributed by atoms with Gasteiger partial charge in [0.1, 0.15) is 5.75 Å². The number of ether oxygens (including phenoxy) is 1. The summed E-state index contributed by atoms with van der Waals surface area (Å²) in [7, 11) is 1.53. The van der Waals surface area contributed by atoms with E-state index in [-0.39, 0.29) is 23.3 Å². The number of hydrogen-bond acceptors (Lipinski definition) is 6. The summed E-state index contributed by atoms with van der Waals surface area (Å²) in [5.74, 6) is -0.686. The molecule has 26 heavy (non-hydrogen) atoms. The molecule has 3 aromatic rings. The van der Waals surface area contributed by atoms with Gasteiger partial charge in [0, 0.05) is 17.1 Å². The number of phenols is 2. The van der Waals surface area contributed by atoms with Crippen LogP contribution in [-0.2, 0) is 11.2 Å². The number of rotatable bonds is 4. The fraction of sp³-hybridized carbons (Fsp3) is 0.158. The van der Waals surface area contributed by atoms with Crippen LogP contribution in [0.4, 0.5) is 5.69 Å². The molecule has 0 spiro atoms. The summed E-state index contributed by atoms with van der Waals surface area (Å²) >= 11 is 0. The summed E-state index contributed by atoms with van der Waals surface area (Å²) in [6, 6.07) is 9.67. The predicted octanol–water partition coefficient (Wildman–Crippen LogP) is 2.70. The normalized spacial score (nSPS) is 10.7. The fourth-order valence-corrected chi connectivity index (χ4v) is 2.70. The predicted molar refractivity (Wildman–Crippen MR) is 95.9 cm³/mol. The van der Waals surface area contributed by atoms with E-state index in [4.69, 9.17) is 9.15 Å². The quantitative estimate of drug-likeness (QED) is 0.490. The zero-order valence-corrected chi connectivity index (χ0v) is 14.2. The molecule has 1 heterocycles. The van der Waals surface area contributed by atoms with Gasteiger partial charge in [0.2, 0.25) is 11.7 Å². The number of aryl methyl sites for hydroxylation is 1. The zero-order valence-electron chi connectivity index (χ0n) is 14.2. The molecule has 0 saturated carbocycles. The number of methoxy groups -OCH3 is 1. The van der Waals surface area contributed by atoms with E-state index in [1.54, 1.807) is 31.2 Å². The van der Waals surface area contributed by atoms with Crippen molar-refractivity contribution in [3.63, 3.8) is 0 Å². The lowest BCUT2D eigenvalue weighted by molar-refractivity contribution is -0.115. The van der Waals surface area contributed by atoms with Gasteiger partial charge in [0.05, 0.1) is 19.1 Å². The van der Waals surface area contributed by atoms with E-state index in [0.29, 0.717) is 22.4 Å². The maximum atomic E-state index is 12.3. The van der Waals surface area contributed by atoms with Gasteiger partial charge in [0.25, 0.3) is 0 Å². The standard InChI is InChI=1S/C19H17NO6/c1-10-13-6-7-15(21)17(23)18(13)26-19(24)14(10)9-16(22)20-11-4-3-5-12(8-11)25-2/h3-8,21,23H,9H2,1-2H3,(H,20,22). The number of aromatic hydroxyl groups is 2. The van der Waals surface area contributed by atoms with Crippen LogP contribution in [0.25, 0.3) is 11.0 Å². The second-order valence-electron chi connectivity index (χ2n) is 5.76. The van der Waals surface area contributed by atoms with Crippen molar-refractivity contribution >= 4 is 22.6 Å². The van der Waals surface area contributed by atoms with Gasteiger partial charge in [-0.15, -0.1) is 0 Å². The zero-order chi connectivity index (χ0) is 18.8. The fourth-order valence-electron chi connectivity index (χ4n) is 2.70. The van der Waals surface area contributed by atoms with E-state index in [0.717, 1.165) is 0 Å². The number of carbonyl (C=O) groups is 1. The van der Waals surface area contributed by atoms with Gasteiger partial charge in [-0.2, -0.15) is 0 Å². The van der Waals surface area contributed by atoms with Crippen molar-refractivity contribution in [3.05, 3.63) is 57.9 Å². The summed E-state index contributed by atoms with van der Waals surface area (Å²) < 4.78 is 10.2. The molecule has 0 bridgehead atoms. The average Bonchev–Trinajstić information content (AvgIpc) is 2.62. The third-order valence-corrected chi connectivity index (χ3v) is 4.10. The van der Waals surface area contributed by atoms with Crippen molar-refractivity contribution in [1.82, 2.24) is 0 Å². The highest BCUT2D eigenvalue weighted by molar-refractivity contribution is 5.94. The lowest BCUT2D eigenvalue weighted by Gasteiger charge is -2.10. The van der Waals surface area contributed by atoms with Gasteiger partial charge in [-0.05, 0) is 36.8 Å². The van der Waals surface area contributed by atoms with E-state index in [1.165, 1.54) is 19.2 Å². The van der Waals surface area contributed by atoms with Gasteiger partial charge in [-0.25, -0.2) is 4.79 Å². The van der Waals surface area contributed by atoms with Crippen molar-refractivity contribution in [2.75, 3.05) is 12.4 Å². The van der Waals surface area contributed by atoms with E-state index < -0.39 is 17.3 Å². The molecular weight excluding hydrogens is 338 g/mol. The van der Waals surface area contributed by atoms with Crippen molar-refractivity contribution < 1.29 is 24.2 Å². The Morgan fingerprint density at radius 2 is 2.00 bits per heavy atom. The van der Waals surface area contributed by atoms with Crippen LogP contribution in [0, 0.1) is 6.92 Å². The number of amides is 1. The largest absolute Gasteiger partial charge is 0.504 e. The molecule has 3 N–H and O–H groups in total. The maximum absolute atomic E-state index is 12.3. The van der Waals surface area contributed by atoms with E-state index in [2.05, 4.69) is 5.32 Å². The highest BCUT2D eigenvalue weighted by atomic mass is 16.5. The van der Waals surface area contributed by atoms with Crippen molar-refractivity contribution in [1.29, 1.82) is 0 Å². The van der Waals surface area contributed by atoms with Gasteiger partial charge in [0.15, 0.2) is 11.3 Å². The summed E-state index contributed by atoms with van der Waals surface area (Å²) in [6.45, 7) is 1.66. The van der Waals surface area contributed by atoms with Crippen molar-refractivity contribution in [2.24, 2.45) is 0 Å². The Bertz CT molecular complexity index is 1050. The number of phenolic OH excluding ortho intramolecular Hbond substituents is 2. The van der Waals surface area contributed by atoms with Crippen LogP contribution in [0.2, 0.25) is 0 Å². The number of anilines is 1. The molecule has 134 valence electrons. The van der Waals surface area contributed by atoms with E-state index in [9.17, 15) is 19.8 Å². The molecule has 3 rings (SSSR count). The Kier molecular flexibility index (Phi) is 4.53. The van der Waals surface area contributed by atoms with Gasteiger partial charge >= 0.3 is 5.63 Å². The van der Waals surface area contributed by atoms with Gasteiger partial charge in [-0.3, -0.25) is 4.79 Å². The summed E-state index contributed by atoms with van der Waals surface area (Å²) in [6.07, 6.45) is -0.192. The minimum absolute atomic E-state index is 0.107. The molecule has 0 fully saturated rings. The molecule has 7 nitrogen and oxygen atoms in total. The topological polar surface area (TPSA) is 109 Å². The van der Waals surface area contributed by atoms with Crippen molar-refractivity contribution in [2.45, 2.75) is 13.3 Å². The molecule has 0 atom stereocenters. The minimum atomic E-state index is -0.739. The van der Waals surface area contributed by atoms with Gasteiger partial charge in [-0.1, -0.05) is 6.07 Å². The maximum Gasteiger partial charge on any atom is 0.340 e. The molecule has 1 aromatic heterocycles. The minimum Gasteiger partial charge on any atom is -0.504 e. The molecule has 0 radical (unpaired) electrons. The Hall–Kier alpha value is -3.48. The first kappa shape index (κ1) is 17.3. The Labute approximate surface area is 148 Å². The van der Waals surface area contributed by atoms with Gasteiger partial charge < -0.3 is 24.7 Å². The summed E-state index contributed by atoms with van der Waals surface area (Å²) in [4.78, 5) is 24.6. The molecule has 0 aliphatic carbocycles. The third-order valence-electron chi connectivity index (χ3n) is 4.10. The average molecular weight is 355 g/mol. The molecular formula is C19H17NO6. The van der Waals surface area contributed by atoms with Crippen LogP contribution >= 0.6 is 0 Å². The third kappa shape index (κ3) is 3.19. The molecule has 0 aliphatic heterocycles. The van der Waals surface area contributed by atoms with Crippen molar-refractivity contribution in [3.8, 4) is 17.2 Å². The Balaban J connectivity index is 1.92. The second kappa shape index (κ2) is 6.79. The number of fused-ring (bicyclic) bond motifs is 1. The monoisotopic (exact) mass is 355 g/mol. The highest BCUT2D eigenvalue weighted by Crippen LogP contribution is 2.34. The highest BCUT2D eigenvalue weighted by Gasteiger charge is 2.18. The van der Waals surface area contributed by atoms with Crippen LogP contribution in [0.1, 0.15) is 11.1 Å². The lowest BCUT2D eigenvalue weighted by Crippen LogP contribution is -2.20. The molecule has 7 heteroatoms. The lowest BCUT2D eigenvalue weighted by atomic mass is 10.0. The number of carbonyl (C=O) groups excluding carboxylic acids is 1. The molecule has 0 saturated heterocycles. The number of nitrogens with one attached hydrogen (secondary N) is 1.